The number of nitrogens with zero attached hydrogens (tertiary/aromatic N) is 1. The minimum absolute atomic E-state index is 0.194. The molecule has 0 saturated carbocycles. The number of hydrogen-bond acceptors (Lipinski definition) is 3. The predicted octanol–water partition coefficient (Wildman–Crippen LogP) is 5.97. The first-order valence-electron chi connectivity index (χ1n) is 9.82. The molecule has 2 heterocycles. The first-order chi connectivity index (χ1) is 13.6. The van der Waals surface area contributed by atoms with Gasteiger partial charge in [-0.2, -0.15) is 0 Å². The summed E-state index contributed by atoms with van der Waals surface area (Å²) in [5, 5.41) is 4.07. The van der Waals surface area contributed by atoms with Crippen molar-refractivity contribution in [2.24, 2.45) is 5.41 Å². The van der Waals surface area contributed by atoms with Gasteiger partial charge in [0.2, 0.25) is 0 Å². The molecule has 0 radical (unpaired) electrons. The van der Waals surface area contributed by atoms with Crippen molar-refractivity contribution in [2.45, 2.75) is 54.0 Å². The van der Waals surface area contributed by atoms with E-state index < -0.39 is 0 Å². The number of nitrogens with one attached hydrogen (secondary N) is 2. The van der Waals surface area contributed by atoms with Gasteiger partial charge in [-0.1, -0.05) is 39.8 Å². The molecule has 0 bridgehead atoms. The van der Waals surface area contributed by atoms with Crippen molar-refractivity contribution >= 4 is 17.2 Å². The van der Waals surface area contributed by atoms with Crippen LogP contribution >= 0.6 is 11.3 Å². The molecule has 3 aromatic rings. The van der Waals surface area contributed by atoms with Gasteiger partial charge in [0, 0.05) is 16.1 Å². The molecule has 1 aromatic carbocycles. The van der Waals surface area contributed by atoms with Crippen LogP contribution in [0.25, 0.3) is 11.3 Å². The molecule has 0 aliphatic rings. The topological polar surface area (TPSA) is 57.8 Å². The maximum Gasteiger partial charge on any atom is 0.268 e. The zero-order valence-electron chi connectivity index (χ0n) is 17.8. The van der Waals surface area contributed by atoms with Crippen LogP contribution in [-0.2, 0) is 6.42 Å². The average molecular weight is 414 g/mol. The number of aromatic nitrogens is 2. The standard InChI is InChI=1S/C23H28FN3OS/c1-7-19-14(3)25-22(29-19)20(23(4,5)6)27-21(28)18-11-10-17(26-18)15-9-8-13(2)16(24)12-15/h8-12,20,26H,7H2,1-6H3,(H,27,28). The highest BCUT2D eigenvalue weighted by molar-refractivity contribution is 7.11. The van der Waals surface area contributed by atoms with E-state index in [0.29, 0.717) is 22.5 Å². The Morgan fingerprint density at radius 3 is 2.55 bits per heavy atom. The molecule has 0 fully saturated rings. The van der Waals surface area contributed by atoms with Crippen molar-refractivity contribution in [3.8, 4) is 11.3 Å². The Morgan fingerprint density at radius 2 is 1.97 bits per heavy atom. The fraction of sp³-hybridized carbons (Fsp3) is 0.391. The summed E-state index contributed by atoms with van der Waals surface area (Å²) < 4.78 is 13.9. The maximum absolute atomic E-state index is 13.9. The average Bonchev–Trinajstić information content (AvgIpc) is 3.27. The van der Waals surface area contributed by atoms with Crippen molar-refractivity contribution in [1.29, 1.82) is 0 Å². The van der Waals surface area contributed by atoms with E-state index in [1.807, 2.05) is 13.0 Å². The van der Waals surface area contributed by atoms with Gasteiger partial charge < -0.3 is 10.3 Å². The van der Waals surface area contributed by atoms with Crippen molar-refractivity contribution in [1.82, 2.24) is 15.3 Å². The highest BCUT2D eigenvalue weighted by Gasteiger charge is 2.31. The number of hydrogen-bond donors (Lipinski definition) is 2. The van der Waals surface area contributed by atoms with Crippen LogP contribution in [0.5, 0.6) is 0 Å². The van der Waals surface area contributed by atoms with E-state index in [9.17, 15) is 9.18 Å². The van der Waals surface area contributed by atoms with Gasteiger partial charge in [-0.25, -0.2) is 9.37 Å². The summed E-state index contributed by atoms with van der Waals surface area (Å²) in [6.07, 6.45) is 0.932. The Labute approximate surface area is 175 Å². The highest BCUT2D eigenvalue weighted by Crippen LogP contribution is 2.36. The van der Waals surface area contributed by atoms with E-state index in [-0.39, 0.29) is 23.2 Å². The monoisotopic (exact) mass is 413 g/mol. The molecule has 0 spiro atoms. The minimum atomic E-state index is -0.262. The number of carbonyl (C=O) groups excluding carboxylic acids is 1. The molecule has 1 unspecified atom stereocenters. The molecule has 0 aliphatic carbocycles. The van der Waals surface area contributed by atoms with Gasteiger partial charge in [0.05, 0.1) is 11.7 Å². The third-order valence-electron chi connectivity index (χ3n) is 5.03. The van der Waals surface area contributed by atoms with E-state index >= 15 is 0 Å². The number of thiazole rings is 1. The quantitative estimate of drug-likeness (QED) is 0.541. The Kier molecular flexibility index (Phi) is 5.94. The lowest BCUT2D eigenvalue weighted by atomic mass is 9.87. The molecule has 1 amide bonds. The Hall–Kier alpha value is -2.47. The zero-order valence-corrected chi connectivity index (χ0v) is 18.6. The van der Waals surface area contributed by atoms with Gasteiger partial charge in [-0.3, -0.25) is 4.79 Å². The van der Waals surface area contributed by atoms with Crippen LogP contribution in [0.2, 0.25) is 0 Å². The minimum Gasteiger partial charge on any atom is -0.351 e. The summed E-state index contributed by atoms with van der Waals surface area (Å²) >= 11 is 1.66. The number of halogens is 1. The molecule has 3 rings (SSSR count). The van der Waals surface area contributed by atoms with Crippen molar-refractivity contribution < 1.29 is 9.18 Å². The molecule has 2 N–H and O–H groups in total. The Morgan fingerprint density at radius 1 is 1.24 bits per heavy atom. The smallest absolute Gasteiger partial charge is 0.268 e. The number of aryl methyl sites for hydroxylation is 3. The number of aromatic amines is 1. The van der Waals surface area contributed by atoms with Crippen LogP contribution in [0.15, 0.2) is 30.3 Å². The van der Waals surface area contributed by atoms with Gasteiger partial charge in [-0.15, -0.1) is 11.3 Å². The van der Waals surface area contributed by atoms with Crippen molar-refractivity contribution in [3.05, 3.63) is 63.0 Å². The second kappa shape index (κ2) is 8.11. The molecule has 29 heavy (non-hydrogen) atoms. The second-order valence-electron chi connectivity index (χ2n) is 8.44. The summed E-state index contributed by atoms with van der Waals surface area (Å²) in [6, 6.07) is 8.37. The van der Waals surface area contributed by atoms with Crippen LogP contribution in [0.4, 0.5) is 4.39 Å². The molecule has 0 aliphatic heterocycles. The summed E-state index contributed by atoms with van der Waals surface area (Å²) in [4.78, 5) is 22.0. The SMILES string of the molecule is CCc1sc(C(NC(=O)c2ccc(-c3ccc(C)c(F)c3)[nH]2)C(C)(C)C)nc1C. The summed E-state index contributed by atoms with van der Waals surface area (Å²) in [6.45, 7) is 12.1. The van der Waals surface area contributed by atoms with Crippen LogP contribution < -0.4 is 5.32 Å². The molecule has 4 nitrogen and oxygen atoms in total. The van der Waals surface area contributed by atoms with Crippen molar-refractivity contribution in [2.75, 3.05) is 0 Å². The maximum atomic E-state index is 13.9. The second-order valence-corrected chi connectivity index (χ2v) is 9.55. The molecular formula is C23H28FN3OS. The van der Waals surface area contributed by atoms with Gasteiger partial charge in [-0.05, 0) is 49.4 Å². The normalized spacial score (nSPS) is 12.8. The summed E-state index contributed by atoms with van der Waals surface area (Å²) in [5.74, 6) is -0.462. The lowest BCUT2D eigenvalue weighted by molar-refractivity contribution is 0.0897. The van der Waals surface area contributed by atoms with E-state index in [0.717, 1.165) is 17.1 Å². The number of rotatable bonds is 5. The van der Waals surface area contributed by atoms with Crippen molar-refractivity contribution in [3.63, 3.8) is 0 Å². The Balaban J connectivity index is 1.85. The summed E-state index contributed by atoms with van der Waals surface area (Å²) in [7, 11) is 0. The molecule has 6 heteroatoms. The molecule has 0 saturated heterocycles. The van der Waals surface area contributed by atoms with Crippen LogP contribution in [-0.4, -0.2) is 15.9 Å². The van der Waals surface area contributed by atoms with Crippen LogP contribution in [0, 0.1) is 25.1 Å². The van der Waals surface area contributed by atoms with Gasteiger partial charge in [0.15, 0.2) is 0 Å². The lowest BCUT2D eigenvalue weighted by Crippen LogP contribution is -2.36. The third kappa shape index (κ3) is 4.58. The third-order valence-corrected chi connectivity index (χ3v) is 6.40. The summed E-state index contributed by atoms with van der Waals surface area (Å²) in [5.41, 5.74) is 3.29. The fourth-order valence-corrected chi connectivity index (χ4v) is 4.52. The van der Waals surface area contributed by atoms with Gasteiger partial charge in [0.1, 0.15) is 16.5 Å². The van der Waals surface area contributed by atoms with E-state index in [2.05, 4.69) is 38.0 Å². The Bertz CT molecular complexity index is 1030. The number of carbonyl (C=O) groups is 1. The molecule has 2 aromatic heterocycles. The zero-order chi connectivity index (χ0) is 21.3. The first kappa shape index (κ1) is 21.2. The first-order valence-corrected chi connectivity index (χ1v) is 10.6. The molecule has 1 atom stereocenters. The van der Waals surface area contributed by atoms with Gasteiger partial charge >= 0.3 is 0 Å². The number of benzene rings is 1. The van der Waals surface area contributed by atoms with E-state index in [1.54, 1.807) is 36.5 Å². The highest BCUT2D eigenvalue weighted by atomic mass is 32.1. The predicted molar refractivity (Wildman–Crippen MR) is 117 cm³/mol. The fourth-order valence-electron chi connectivity index (χ4n) is 3.22. The van der Waals surface area contributed by atoms with Crippen LogP contribution in [0.3, 0.4) is 0 Å². The molecule has 154 valence electrons. The van der Waals surface area contributed by atoms with E-state index in [4.69, 9.17) is 4.98 Å². The lowest BCUT2D eigenvalue weighted by Gasteiger charge is -2.29. The van der Waals surface area contributed by atoms with Gasteiger partial charge in [0.25, 0.3) is 5.91 Å². The number of H-pyrrole nitrogens is 1. The van der Waals surface area contributed by atoms with Crippen LogP contribution in [0.1, 0.15) is 65.4 Å². The molecular weight excluding hydrogens is 385 g/mol. The van der Waals surface area contributed by atoms with E-state index in [1.165, 1.54) is 10.9 Å². The number of amides is 1. The largest absolute Gasteiger partial charge is 0.351 e.